The minimum absolute atomic E-state index is 0.112. The molecule has 1 N–H and O–H groups in total. The molecule has 1 fully saturated rings. The van der Waals surface area contributed by atoms with Crippen LogP contribution in [0.4, 0.5) is 10.2 Å². The Hall–Kier alpha value is -3.19. The molecule has 1 aliphatic heterocycles. The standard InChI is InChI=1S/C22H23FN4O2/c1-29-19-4-2-3-18(22(19)28)21(16-5-7-17(23)8-6-16)27-13-11-26(12-14-27)20-15-24-9-10-25-20/h2-10,15,21,28H,11-14H2,1H3. The summed E-state index contributed by atoms with van der Waals surface area (Å²) in [5.74, 6) is 1.11. The van der Waals surface area contributed by atoms with Crippen LogP contribution in [0.3, 0.4) is 0 Å². The lowest BCUT2D eigenvalue weighted by molar-refractivity contribution is 0.208. The monoisotopic (exact) mass is 394 g/mol. The number of phenols is 1. The summed E-state index contributed by atoms with van der Waals surface area (Å²) < 4.78 is 18.8. The van der Waals surface area contributed by atoms with Gasteiger partial charge in [0, 0.05) is 44.1 Å². The van der Waals surface area contributed by atoms with E-state index in [4.69, 9.17) is 4.74 Å². The van der Waals surface area contributed by atoms with Crippen LogP contribution in [-0.4, -0.2) is 53.3 Å². The van der Waals surface area contributed by atoms with Gasteiger partial charge in [0.05, 0.1) is 19.3 Å². The minimum Gasteiger partial charge on any atom is -0.504 e. The number of piperazine rings is 1. The SMILES string of the molecule is COc1cccc(C(c2ccc(F)cc2)N2CCN(c3cnccn3)CC2)c1O. The fraction of sp³-hybridized carbons (Fsp3) is 0.273. The molecule has 0 spiro atoms. The van der Waals surface area contributed by atoms with E-state index >= 15 is 0 Å². The number of ether oxygens (including phenoxy) is 1. The molecule has 0 aliphatic carbocycles. The summed E-state index contributed by atoms with van der Waals surface area (Å²) in [7, 11) is 1.53. The number of hydrogen-bond acceptors (Lipinski definition) is 6. The first kappa shape index (κ1) is 19.1. The predicted molar refractivity (Wildman–Crippen MR) is 109 cm³/mol. The Morgan fingerprint density at radius 2 is 1.79 bits per heavy atom. The number of nitrogens with zero attached hydrogens (tertiary/aromatic N) is 4. The van der Waals surface area contributed by atoms with Crippen molar-refractivity contribution in [3.63, 3.8) is 0 Å². The molecule has 3 aromatic rings. The van der Waals surface area contributed by atoms with Crippen molar-refractivity contribution in [1.82, 2.24) is 14.9 Å². The maximum Gasteiger partial charge on any atom is 0.162 e. The largest absolute Gasteiger partial charge is 0.504 e. The average molecular weight is 394 g/mol. The molecule has 0 saturated carbocycles. The molecule has 0 amide bonds. The fourth-order valence-corrected chi connectivity index (χ4v) is 3.82. The van der Waals surface area contributed by atoms with Crippen LogP contribution in [0.15, 0.2) is 61.1 Å². The zero-order valence-electron chi connectivity index (χ0n) is 16.2. The van der Waals surface area contributed by atoms with Gasteiger partial charge in [0.2, 0.25) is 0 Å². The maximum absolute atomic E-state index is 13.5. The van der Waals surface area contributed by atoms with Gasteiger partial charge in [-0.3, -0.25) is 9.88 Å². The fourth-order valence-electron chi connectivity index (χ4n) is 3.82. The highest BCUT2D eigenvalue weighted by Gasteiger charge is 2.29. The molecule has 1 saturated heterocycles. The Labute approximate surface area is 169 Å². The summed E-state index contributed by atoms with van der Waals surface area (Å²) in [5, 5.41) is 10.8. The van der Waals surface area contributed by atoms with Gasteiger partial charge in [-0.15, -0.1) is 0 Å². The highest BCUT2D eigenvalue weighted by molar-refractivity contribution is 5.50. The molecule has 0 bridgehead atoms. The molecule has 2 heterocycles. The molecule has 7 heteroatoms. The smallest absolute Gasteiger partial charge is 0.162 e. The van der Waals surface area contributed by atoms with Crippen molar-refractivity contribution in [2.24, 2.45) is 0 Å². The number of aromatic nitrogens is 2. The normalized spacial score (nSPS) is 15.9. The van der Waals surface area contributed by atoms with Gasteiger partial charge in [0.1, 0.15) is 11.6 Å². The molecule has 6 nitrogen and oxygen atoms in total. The van der Waals surface area contributed by atoms with Crippen molar-refractivity contribution in [3.05, 3.63) is 78.0 Å². The number of phenolic OH excluding ortho intramolecular Hbond substituents is 1. The molecule has 29 heavy (non-hydrogen) atoms. The van der Waals surface area contributed by atoms with E-state index in [1.54, 1.807) is 36.8 Å². The van der Waals surface area contributed by atoms with Crippen LogP contribution in [0.1, 0.15) is 17.2 Å². The first-order valence-corrected chi connectivity index (χ1v) is 9.53. The Bertz CT molecular complexity index is 945. The minimum atomic E-state index is -0.283. The van der Waals surface area contributed by atoms with Gasteiger partial charge in [-0.25, -0.2) is 9.37 Å². The quantitative estimate of drug-likeness (QED) is 0.717. The second-order valence-electron chi connectivity index (χ2n) is 6.94. The maximum atomic E-state index is 13.5. The Kier molecular flexibility index (Phi) is 5.57. The number of aromatic hydroxyl groups is 1. The first-order chi connectivity index (χ1) is 14.2. The lowest BCUT2D eigenvalue weighted by Gasteiger charge is -2.40. The summed E-state index contributed by atoms with van der Waals surface area (Å²) in [6.07, 6.45) is 5.12. The summed E-state index contributed by atoms with van der Waals surface area (Å²) >= 11 is 0. The number of halogens is 1. The molecule has 1 unspecified atom stereocenters. The van der Waals surface area contributed by atoms with Crippen molar-refractivity contribution in [2.45, 2.75) is 6.04 Å². The summed E-state index contributed by atoms with van der Waals surface area (Å²) in [5.41, 5.74) is 1.66. The molecule has 2 aromatic carbocycles. The van der Waals surface area contributed by atoms with Gasteiger partial charge in [-0.05, 0) is 23.8 Å². The third-order valence-corrected chi connectivity index (χ3v) is 5.28. The zero-order chi connectivity index (χ0) is 20.2. The number of benzene rings is 2. The van der Waals surface area contributed by atoms with E-state index in [0.29, 0.717) is 5.75 Å². The van der Waals surface area contributed by atoms with Crippen molar-refractivity contribution in [1.29, 1.82) is 0 Å². The number of rotatable bonds is 5. The molecule has 1 aliphatic rings. The van der Waals surface area contributed by atoms with Crippen molar-refractivity contribution < 1.29 is 14.2 Å². The molecule has 0 radical (unpaired) electrons. The van der Waals surface area contributed by atoms with Crippen LogP contribution < -0.4 is 9.64 Å². The Morgan fingerprint density at radius 1 is 1.03 bits per heavy atom. The molecule has 1 atom stereocenters. The Morgan fingerprint density at radius 3 is 2.45 bits per heavy atom. The summed E-state index contributed by atoms with van der Waals surface area (Å²) in [4.78, 5) is 13.0. The van der Waals surface area contributed by atoms with Gasteiger partial charge in [0.25, 0.3) is 0 Å². The zero-order valence-corrected chi connectivity index (χ0v) is 16.2. The van der Waals surface area contributed by atoms with E-state index in [0.717, 1.165) is 43.1 Å². The topological polar surface area (TPSA) is 61.7 Å². The van der Waals surface area contributed by atoms with E-state index in [-0.39, 0.29) is 17.6 Å². The van der Waals surface area contributed by atoms with Crippen molar-refractivity contribution in [2.75, 3.05) is 38.2 Å². The molecule has 150 valence electrons. The van der Waals surface area contributed by atoms with E-state index < -0.39 is 0 Å². The molecular weight excluding hydrogens is 371 g/mol. The highest BCUT2D eigenvalue weighted by Crippen LogP contribution is 2.39. The molecule has 1 aromatic heterocycles. The average Bonchev–Trinajstić information content (AvgIpc) is 2.77. The lowest BCUT2D eigenvalue weighted by atomic mass is 9.95. The first-order valence-electron chi connectivity index (χ1n) is 9.53. The molecular formula is C22H23FN4O2. The summed E-state index contributed by atoms with van der Waals surface area (Å²) in [6.45, 7) is 3.08. The predicted octanol–water partition coefficient (Wildman–Crippen LogP) is 3.24. The van der Waals surface area contributed by atoms with Crippen LogP contribution >= 0.6 is 0 Å². The molecule has 4 rings (SSSR count). The number of hydrogen-bond donors (Lipinski definition) is 1. The second-order valence-corrected chi connectivity index (χ2v) is 6.94. The van der Waals surface area contributed by atoms with Gasteiger partial charge in [-0.1, -0.05) is 24.3 Å². The number of methoxy groups -OCH3 is 1. The van der Waals surface area contributed by atoms with Gasteiger partial charge < -0.3 is 14.7 Å². The van der Waals surface area contributed by atoms with Gasteiger partial charge >= 0.3 is 0 Å². The van der Waals surface area contributed by atoms with Gasteiger partial charge in [-0.2, -0.15) is 0 Å². The summed E-state index contributed by atoms with van der Waals surface area (Å²) in [6, 6.07) is 11.7. The second kappa shape index (κ2) is 8.45. The van der Waals surface area contributed by atoms with Crippen LogP contribution in [-0.2, 0) is 0 Å². The van der Waals surface area contributed by atoms with Crippen molar-refractivity contribution in [3.8, 4) is 11.5 Å². The van der Waals surface area contributed by atoms with E-state index in [1.165, 1.54) is 19.2 Å². The number of anilines is 1. The lowest BCUT2D eigenvalue weighted by Crippen LogP contribution is -2.48. The number of para-hydroxylation sites is 1. The Balaban J connectivity index is 1.64. The third-order valence-electron chi connectivity index (χ3n) is 5.28. The van der Waals surface area contributed by atoms with Crippen LogP contribution in [0.5, 0.6) is 11.5 Å². The third kappa shape index (κ3) is 4.00. The van der Waals surface area contributed by atoms with Crippen LogP contribution in [0.2, 0.25) is 0 Å². The van der Waals surface area contributed by atoms with Crippen LogP contribution in [0.25, 0.3) is 0 Å². The van der Waals surface area contributed by atoms with E-state index in [1.807, 2.05) is 12.1 Å². The van der Waals surface area contributed by atoms with Crippen molar-refractivity contribution >= 4 is 5.82 Å². The highest BCUT2D eigenvalue weighted by atomic mass is 19.1. The van der Waals surface area contributed by atoms with Crippen LogP contribution in [0, 0.1) is 5.82 Å². The van der Waals surface area contributed by atoms with Gasteiger partial charge in [0.15, 0.2) is 11.5 Å². The van der Waals surface area contributed by atoms with E-state index in [9.17, 15) is 9.50 Å². The van der Waals surface area contributed by atoms with E-state index in [2.05, 4.69) is 19.8 Å².